The van der Waals surface area contributed by atoms with Gasteiger partial charge in [-0.25, -0.2) is 9.97 Å². The molecular weight excluding hydrogens is 414 g/mol. The van der Waals surface area contributed by atoms with Crippen molar-refractivity contribution in [1.82, 2.24) is 24.7 Å². The van der Waals surface area contributed by atoms with E-state index in [1.807, 2.05) is 67.3 Å². The predicted octanol–water partition coefficient (Wildman–Crippen LogP) is 4.72. The van der Waals surface area contributed by atoms with Crippen molar-refractivity contribution in [3.8, 4) is 0 Å². The Morgan fingerprint density at radius 2 is 1.91 bits per heavy atom. The third kappa shape index (κ3) is 5.52. The fraction of sp³-hybridized carbons (Fsp3) is 0.320. The summed E-state index contributed by atoms with van der Waals surface area (Å²) in [5.74, 6) is 0.974. The van der Waals surface area contributed by atoms with E-state index in [9.17, 15) is 4.79 Å². The van der Waals surface area contributed by atoms with Gasteiger partial charge < -0.3 is 10.6 Å². The Balaban J connectivity index is 1.39. The van der Waals surface area contributed by atoms with Crippen LogP contribution in [0.25, 0.3) is 11.2 Å². The molecule has 4 aromatic rings. The van der Waals surface area contributed by atoms with Crippen LogP contribution in [0.3, 0.4) is 0 Å². The molecule has 1 aromatic carbocycles. The molecular formula is C25H29N7O. The van der Waals surface area contributed by atoms with Crippen LogP contribution >= 0.6 is 0 Å². The minimum Gasteiger partial charge on any atom is -0.362 e. The topological polar surface area (TPSA) is 97.6 Å². The third-order valence-electron chi connectivity index (χ3n) is 5.49. The molecule has 1 atom stereocenters. The average Bonchev–Trinajstić information content (AvgIpc) is 3.22. The Hall–Kier alpha value is -3.81. The van der Waals surface area contributed by atoms with E-state index in [0.717, 1.165) is 34.6 Å². The summed E-state index contributed by atoms with van der Waals surface area (Å²) in [5.41, 5.74) is 5.07. The molecule has 3 heterocycles. The zero-order valence-corrected chi connectivity index (χ0v) is 19.4. The highest BCUT2D eigenvalue weighted by molar-refractivity contribution is 5.92. The maximum atomic E-state index is 12.5. The van der Waals surface area contributed by atoms with Crippen LogP contribution in [0.2, 0.25) is 0 Å². The number of aryl methyl sites for hydroxylation is 1. The van der Waals surface area contributed by atoms with Gasteiger partial charge in [-0.15, -0.1) is 0 Å². The Morgan fingerprint density at radius 3 is 2.64 bits per heavy atom. The molecule has 0 saturated carbocycles. The summed E-state index contributed by atoms with van der Waals surface area (Å²) in [4.78, 5) is 25.9. The fourth-order valence-corrected chi connectivity index (χ4v) is 3.52. The van der Waals surface area contributed by atoms with Crippen molar-refractivity contribution < 1.29 is 4.79 Å². The second-order valence-corrected chi connectivity index (χ2v) is 8.40. The van der Waals surface area contributed by atoms with E-state index >= 15 is 0 Å². The first kappa shape index (κ1) is 22.4. The number of amides is 1. The van der Waals surface area contributed by atoms with E-state index in [2.05, 4.69) is 44.5 Å². The van der Waals surface area contributed by atoms with E-state index in [4.69, 9.17) is 0 Å². The number of fused-ring (bicyclic) bond motifs is 1. The smallest absolute Gasteiger partial charge is 0.230 e. The van der Waals surface area contributed by atoms with Crippen molar-refractivity contribution in [3.05, 3.63) is 71.8 Å². The number of carbonyl (C=O) groups excluding carboxylic acids is 1. The minimum atomic E-state index is -0.0969. The fourth-order valence-electron chi connectivity index (χ4n) is 3.52. The Morgan fingerprint density at radius 1 is 1.06 bits per heavy atom. The summed E-state index contributed by atoms with van der Waals surface area (Å²) < 4.78 is 1.82. The number of aromatic nitrogens is 5. The maximum absolute atomic E-state index is 12.5. The summed E-state index contributed by atoms with van der Waals surface area (Å²) in [5, 5.41) is 10.8. The number of nitrogens with one attached hydrogen (secondary N) is 2. The van der Waals surface area contributed by atoms with Crippen molar-refractivity contribution >= 4 is 28.6 Å². The summed E-state index contributed by atoms with van der Waals surface area (Å²) in [7, 11) is 0. The van der Waals surface area contributed by atoms with Crippen LogP contribution in [0.5, 0.6) is 0 Å². The molecule has 0 radical (unpaired) electrons. The highest BCUT2D eigenvalue weighted by Gasteiger charge is 2.11. The molecule has 0 aliphatic carbocycles. The lowest BCUT2D eigenvalue weighted by atomic mass is 10.1. The van der Waals surface area contributed by atoms with E-state index < -0.39 is 0 Å². The van der Waals surface area contributed by atoms with Crippen molar-refractivity contribution in [2.45, 2.75) is 52.6 Å². The van der Waals surface area contributed by atoms with Gasteiger partial charge in [0.1, 0.15) is 11.3 Å². The van der Waals surface area contributed by atoms with Gasteiger partial charge in [0.2, 0.25) is 11.6 Å². The Labute approximate surface area is 193 Å². The Bertz CT molecular complexity index is 1250. The number of pyridine rings is 1. The van der Waals surface area contributed by atoms with Gasteiger partial charge in [-0.3, -0.25) is 14.5 Å². The molecule has 0 aliphatic rings. The highest BCUT2D eigenvalue weighted by Crippen LogP contribution is 2.22. The summed E-state index contributed by atoms with van der Waals surface area (Å²) >= 11 is 0. The first-order valence-corrected chi connectivity index (χ1v) is 11.2. The normalized spacial score (nSPS) is 12.2. The van der Waals surface area contributed by atoms with E-state index in [-0.39, 0.29) is 18.4 Å². The first-order valence-electron chi connectivity index (χ1n) is 11.2. The summed E-state index contributed by atoms with van der Waals surface area (Å²) in [6.07, 6.45) is 5.67. The van der Waals surface area contributed by atoms with Gasteiger partial charge in [0.25, 0.3) is 0 Å². The van der Waals surface area contributed by atoms with Gasteiger partial charge in [0.15, 0.2) is 0 Å². The maximum Gasteiger partial charge on any atom is 0.230 e. The standard InChI is InChI=1S/C25H29N7O/c1-5-32-15-22-25(31-32)30-23(14-27-22)28-17(4)18-7-6-8-21(11-18)29-24(33)12-20-10-9-19(13-26-20)16(2)3/h6-11,13-17H,5,12H2,1-4H3,(H,29,33)(H,28,30,31)/t17-/m0/s1. The lowest BCUT2D eigenvalue weighted by Crippen LogP contribution is -2.16. The van der Waals surface area contributed by atoms with Crippen LogP contribution < -0.4 is 10.6 Å². The molecule has 0 bridgehead atoms. The molecule has 0 saturated heterocycles. The van der Waals surface area contributed by atoms with Gasteiger partial charge in [-0.05, 0) is 49.1 Å². The third-order valence-corrected chi connectivity index (χ3v) is 5.49. The molecule has 2 N–H and O–H groups in total. The van der Waals surface area contributed by atoms with Gasteiger partial charge in [0.05, 0.1) is 24.9 Å². The molecule has 3 aromatic heterocycles. The van der Waals surface area contributed by atoms with Gasteiger partial charge >= 0.3 is 0 Å². The van der Waals surface area contributed by atoms with Gasteiger partial charge in [-0.1, -0.05) is 32.0 Å². The molecule has 0 spiro atoms. The highest BCUT2D eigenvalue weighted by atomic mass is 16.1. The van der Waals surface area contributed by atoms with E-state index in [0.29, 0.717) is 17.4 Å². The minimum absolute atomic E-state index is 0.0351. The lowest BCUT2D eigenvalue weighted by molar-refractivity contribution is -0.115. The molecule has 4 rings (SSSR count). The quantitative estimate of drug-likeness (QED) is 0.409. The second-order valence-electron chi connectivity index (χ2n) is 8.40. The summed E-state index contributed by atoms with van der Waals surface area (Å²) in [6.45, 7) is 9.08. The number of hydrogen-bond donors (Lipinski definition) is 2. The van der Waals surface area contributed by atoms with Crippen LogP contribution in [0.4, 0.5) is 11.5 Å². The van der Waals surface area contributed by atoms with Crippen LogP contribution in [-0.2, 0) is 17.8 Å². The number of nitrogens with zero attached hydrogens (tertiary/aromatic N) is 5. The van der Waals surface area contributed by atoms with Crippen LogP contribution in [-0.4, -0.2) is 30.6 Å². The van der Waals surface area contributed by atoms with Crippen molar-refractivity contribution in [2.24, 2.45) is 0 Å². The van der Waals surface area contributed by atoms with Gasteiger partial charge in [0, 0.05) is 24.1 Å². The molecule has 1 amide bonds. The van der Waals surface area contributed by atoms with Crippen LogP contribution in [0.15, 0.2) is 55.0 Å². The van der Waals surface area contributed by atoms with Crippen LogP contribution in [0, 0.1) is 0 Å². The van der Waals surface area contributed by atoms with Crippen molar-refractivity contribution in [3.63, 3.8) is 0 Å². The molecule has 8 heteroatoms. The zero-order valence-electron chi connectivity index (χ0n) is 19.4. The molecule has 0 fully saturated rings. The number of benzene rings is 1. The number of carbonyl (C=O) groups is 1. The monoisotopic (exact) mass is 443 g/mol. The molecule has 0 unspecified atom stereocenters. The number of hydrogen-bond acceptors (Lipinski definition) is 6. The summed E-state index contributed by atoms with van der Waals surface area (Å²) in [6, 6.07) is 11.7. The molecule has 0 aliphatic heterocycles. The Kier molecular flexibility index (Phi) is 6.63. The van der Waals surface area contributed by atoms with Crippen LogP contribution in [0.1, 0.15) is 56.5 Å². The first-order chi connectivity index (χ1) is 15.9. The predicted molar refractivity (Wildman–Crippen MR) is 130 cm³/mol. The zero-order chi connectivity index (χ0) is 23.4. The van der Waals surface area contributed by atoms with Crippen molar-refractivity contribution in [1.29, 1.82) is 0 Å². The SMILES string of the molecule is CCn1cc2ncc(N[C@@H](C)c3cccc(NC(=O)Cc4ccc(C(C)C)cn4)c3)nc2n1. The lowest BCUT2D eigenvalue weighted by Gasteiger charge is -2.16. The number of rotatable bonds is 8. The molecule has 8 nitrogen and oxygen atoms in total. The van der Waals surface area contributed by atoms with E-state index in [1.165, 1.54) is 0 Å². The van der Waals surface area contributed by atoms with Crippen molar-refractivity contribution in [2.75, 3.05) is 10.6 Å². The van der Waals surface area contributed by atoms with E-state index in [1.54, 1.807) is 6.20 Å². The molecule has 170 valence electrons. The van der Waals surface area contributed by atoms with Gasteiger partial charge in [-0.2, -0.15) is 5.10 Å². The largest absolute Gasteiger partial charge is 0.362 e. The average molecular weight is 444 g/mol. The molecule has 33 heavy (non-hydrogen) atoms. The number of anilines is 2. The second kappa shape index (κ2) is 9.77.